The summed E-state index contributed by atoms with van der Waals surface area (Å²) in [6.07, 6.45) is 10.3. The van der Waals surface area contributed by atoms with E-state index < -0.39 is 11.7 Å². The van der Waals surface area contributed by atoms with Gasteiger partial charge in [0, 0.05) is 38.6 Å². The quantitative estimate of drug-likeness (QED) is 0.409. The molecule has 8 heteroatoms. The molecule has 30 heavy (non-hydrogen) atoms. The molecule has 3 aliphatic rings. The standard InChI is InChI=1S/C22H40N4O4/c1-2-3-11-22(24-18-27,29-20-7-5-4-6-8-20)21(28)30-26-16-14-25(15-17-26)19-9-12-23-13-10-19/h18-20,23H,2-17H2,1H3,(H,24,27). The monoisotopic (exact) mass is 424 g/mol. The molecule has 0 aromatic carbocycles. The molecule has 0 aromatic heterocycles. The summed E-state index contributed by atoms with van der Waals surface area (Å²) in [4.78, 5) is 33.0. The fourth-order valence-electron chi connectivity index (χ4n) is 4.89. The maximum Gasteiger partial charge on any atom is 0.378 e. The third-order valence-electron chi connectivity index (χ3n) is 6.73. The Kier molecular flexibility index (Phi) is 9.36. The second kappa shape index (κ2) is 12.0. The van der Waals surface area contributed by atoms with Crippen molar-refractivity contribution < 1.29 is 19.2 Å². The van der Waals surface area contributed by atoms with Gasteiger partial charge in [-0.2, -0.15) is 0 Å². The minimum atomic E-state index is -1.38. The van der Waals surface area contributed by atoms with Gasteiger partial charge >= 0.3 is 5.97 Å². The van der Waals surface area contributed by atoms with Crippen LogP contribution < -0.4 is 10.6 Å². The van der Waals surface area contributed by atoms with Crippen molar-refractivity contribution in [3.8, 4) is 0 Å². The van der Waals surface area contributed by atoms with Crippen LogP contribution >= 0.6 is 0 Å². The molecule has 172 valence electrons. The highest BCUT2D eigenvalue weighted by Gasteiger charge is 2.44. The maximum absolute atomic E-state index is 13.3. The Labute approximate surface area is 181 Å². The molecule has 2 aliphatic heterocycles. The molecule has 1 aliphatic carbocycles. The van der Waals surface area contributed by atoms with E-state index in [9.17, 15) is 9.59 Å². The highest BCUT2D eigenvalue weighted by molar-refractivity contribution is 5.81. The van der Waals surface area contributed by atoms with Gasteiger partial charge in [0.15, 0.2) is 0 Å². The lowest BCUT2D eigenvalue weighted by Crippen LogP contribution is -2.59. The summed E-state index contributed by atoms with van der Waals surface area (Å²) >= 11 is 0. The molecule has 0 bridgehead atoms. The summed E-state index contributed by atoms with van der Waals surface area (Å²) in [5, 5.41) is 7.87. The molecule has 2 saturated heterocycles. The fraction of sp³-hybridized carbons (Fsp3) is 0.909. The number of hydroxylamine groups is 2. The maximum atomic E-state index is 13.3. The zero-order valence-electron chi connectivity index (χ0n) is 18.6. The van der Waals surface area contributed by atoms with Crippen LogP contribution in [-0.2, 0) is 19.2 Å². The Bertz CT molecular complexity index is 529. The average Bonchev–Trinajstić information content (AvgIpc) is 2.79. The lowest BCUT2D eigenvalue weighted by atomic mass is 9.96. The number of ether oxygens (including phenoxy) is 1. The van der Waals surface area contributed by atoms with Gasteiger partial charge in [0.2, 0.25) is 12.1 Å². The number of carbonyl (C=O) groups excluding carboxylic acids is 2. The summed E-state index contributed by atoms with van der Waals surface area (Å²) in [6.45, 7) is 7.38. The van der Waals surface area contributed by atoms with E-state index in [4.69, 9.17) is 9.57 Å². The number of nitrogens with zero attached hydrogens (tertiary/aromatic N) is 2. The molecule has 1 unspecified atom stereocenters. The first kappa shape index (κ1) is 23.4. The molecule has 0 radical (unpaired) electrons. The first-order valence-electron chi connectivity index (χ1n) is 12.0. The Balaban J connectivity index is 1.58. The zero-order valence-corrected chi connectivity index (χ0v) is 18.6. The van der Waals surface area contributed by atoms with E-state index in [0.29, 0.717) is 32.0 Å². The van der Waals surface area contributed by atoms with Gasteiger partial charge in [0.1, 0.15) is 0 Å². The molecule has 0 aromatic rings. The highest BCUT2D eigenvalue weighted by atomic mass is 16.7. The molecular weight excluding hydrogens is 384 g/mol. The Morgan fingerprint density at radius 2 is 1.80 bits per heavy atom. The van der Waals surface area contributed by atoms with Crippen LogP contribution in [0.4, 0.5) is 0 Å². The van der Waals surface area contributed by atoms with Crippen LogP contribution in [0.25, 0.3) is 0 Å². The number of carbonyl (C=O) groups is 2. The number of piperazine rings is 1. The van der Waals surface area contributed by atoms with Crippen LogP contribution in [0.3, 0.4) is 0 Å². The van der Waals surface area contributed by atoms with E-state index in [2.05, 4.69) is 22.5 Å². The van der Waals surface area contributed by atoms with Gasteiger partial charge < -0.3 is 20.2 Å². The van der Waals surface area contributed by atoms with Crippen molar-refractivity contribution in [3.63, 3.8) is 0 Å². The van der Waals surface area contributed by atoms with E-state index in [1.54, 1.807) is 5.06 Å². The number of hydrogen-bond acceptors (Lipinski definition) is 7. The molecule has 3 fully saturated rings. The van der Waals surface area contributed by atoms with Crippen LogP contribution in [0.1, 0.15) is 71.1 Å². The van der Waals surface area contributed by atoms with Crippen molar-refractivity contribution in [2.75, 3.05) is 39.3 Å². The third kappa shape index (κ3) is 6.39. The smallest absolute Gasteiger partial charge is 0.364 e. The predicted octanol–water partition coefficient (Wildman–Crippen LogP) is 1.80. The summed E-state index contributed by atoms with van der Waals surface area (Å²) < 4.78 is 6.28. The number of unbranched alkanes of at least 4 members (excludes halogenated alkanes) is 1. The highest BCUT2D eigenvalue weighted by Crippen LogP contribution is 2.28. The normalized spacial score (nSPS) is 24.8. The summed E-state index contributed by atoms with van der Waals surface area (Å²) in [6, 6.07) is 0.624. The summed E-state index contributed by atoms with van der Waals surface area (Å²) in [7, 11) is 0. The van der Waals surface area contributed by atoms with Gasteiger partial charge in [-0.3, -0.25) is 9.69 Å². The van der Waals surface area contributed by atoms with Crippen molar-refractivity contribution >= 4 is 12.4 Å². The predicted molar refractivity (Wildman–Crippen MR) is 115 cm³/mol. The van der Waals surface area contributed by atoms with Crippen LogP contribution in [0, 0.1) is 0 Å². The van der Waals surface area contributed by atoms with Crippen LogP contribution in [0.15, 0.2) is 0 Å². The Hall–Kier alpha value is -1.22. The van der Waals surface area contributed by atoms with E-state index >= 15 is 0 Å². The molecule has 8 nitrogen and oxygen atoms in total. The summed E-state index contributed by atoms with van der Waals surface area (Å²) in [5.41, 5.74) is -1.38. The second-order valence-electron chi connectivity index (χ2n) is 8.90. The van der Waals surface area contributed by atoms with Crippen molar-refractivity contribution in [1.29, 1.82) is 0 Å². The molecule has 1 amide bonds. The SMILES string of the molecule is CCCCC(NC=O)(OC1CCCCC1)C(=O)ON1CCN(C2CCNCC2)CC1. The first-order chi connectivity index (χ1) is 14.7. The van der Waals surface area contributed by atoms with E-state index in [1.165, 1.54) is 19.3 Å². The fourth-order valence-corrected chi connectivity index (χ4v) is 4.89. The van der Waals surface area contributed by atoms with E-state index in [-0.39, 0.29) is 6.10 Å². The summed E-state index contributed by atoms with van der Waals surface area (Å²) in [5.74, 6) is -0.482. The molecular formula is C22H40N4O4. The number of rotatable bonds is 10. The third-order valence-corrected chi connectivity index (χ3v) is 6.73. The second-order valence-corrected chi connectivity index (χ2v) is 8.90. The molecule has 3 rings (SSSR count). The van der Waals surface area contributed by atoms with Crippen molar-refractivity contribution in [2.24, 2.45) is 0 Å². The lowest BCUT2D eigenvalue weighted by molar-refractivity contribution is -0.234. The van der Waals surface area contributed by atoms with Gasteiger partial charge in [-0.05, 0) is 45.2 Å². The van der Waals surface area contributed by atoms with Crippen LogP contribution in [0.2, 0.25) is 0 Å². The minimum absolute atomic E-state index is 0.00707. The van der Waals surface area contributed by atoms with E-state index in [0.717, 1.165) is 64.7 Å². The number of nitrogens with one attached hydrogen (secondary N) is 2. The van der Waals surface area contributed by atoms with Gasteiger partial charge in [0.25, 0.3) is 0 Å². The largest absolute Gasteiger partial charge is 0.378 e. The van der Waals surface area contributed by atoms with Gasteiger partial charge in [-0.15, -0.1) is 5.06 Å². The number of hydrogen-bond donors (Lipinski definition) is 2. The molecule has 0 spiro atoms. The molecule has 2 heterocycles. The van der Waals surface area contributed by atoms with Crippen LogP contribution in [-0.4, -0.2) is 79.5 Å². The minimum Gasteiger partial charge on any atom is -0.364 e. The number of piperidine rings is 1. The zero-order chi connectivity index (χ0) is 21.2. The van der Waals surface area contributed by atoms with E-state index in [1.807, 2.05) is 0 Å². The van der Waals surface area contributed by atoms with Crippen molar-refractivity contribution in [1.82, 2.24) is 20.6 Å². The Morgan fingerprint density at radius 3 is 2.43 bits per heavy atom. The van der Waals surface area contributed by atoms with Crippen molar-refractivity contribution in [3.05, 3.63) is 0 Å². The Morgan fingerprint density at radius 1 is 1.10 bits per heavy atom. The molecule has 2 N–H and O–H groups in total. The first-order valence-corrected chi connectivity index (χ1v) is 12.0. The topological polar surface area (TPSA) is 83.1 Å². The van der Waals surface area contributed by atoms with Gasteiger partial charge in [-0.25, -0.2) is 4.79 Å². The number of amides is 1. The molecule has 1 atom stereocenters. The average molecular weight is 425 g/mol. The molecule has 1 saturated carbocycles. The van der Waals surface area contributed by atoms with Crippen LogP contribution in [0.5, 0.6) is 0 Å². The van der Waals surface area contributed by atoms with Gasteiger partial charge in [-0.1, -0.05) is 32.6 Å². The lowest BCUT2D eigenvalue weighted by Gasteiger charge is -2.41. The van der Waals surface area contributed by atoms with Crippen molar-refractivity contribution in [2.45, 2.75) is 89.0 Å². The van der Waals surface area contributed by atoms with Gasteiger partial charge in [0.05, 0.1) is 6.10 Å².